The first-order chi connectivity index (χ1) is 13.0. The highest BCUT2D eigenvalue weighted by molar-refractivity contribution is 6.01. The lowest BCUT2D eigenvalue weighted by atomic mass is 10.1. The zero-order valence-electron chi connectivity index (χ0n) is 13.9. The van der Waals surface area contributed by atoms with Gasteiger partial charge in [0.05, 0.1) is 12.1 Å². The fraction of sp³-hybridized carbons (Fsp3) is 0.105. The van der Waals surface area contributed by atoms with Crippen LogP contribution in [-0.4, -0.2) is 21.6 Å². The molecule has 0 radical (unpaired) electrons. The first-order valence-electron chi connectivity index (χ1n) is 8.22. The summed E-state index contributed by atoms with van der Waals surface area (Å²) < 4.78 is 27.8. The quantitative estimate of drug-likeness (QED) is 0.744. The highest BCUT2D eigenvalue weighted by Crippen LogP contribution is 2.30. The van der Waals surface area contributed by atoms with Gasteiger partial charge in [0.1, 0.15) is 11.9 Å². The number of anilines is 2. The molecule has 0 saturated carbocycles. The molecule has 136 valence electrons. The van der Waals surface area contributed by atoms with Crippen LogP contribution in [0.5, 0.6) is 0 Å². The van der Waals surface area contributed by atoms with E-state index < -0.39 is 23.6 Å². The molecule has 0 aliphatic carbocycles. The summed E-state index contributed by atoms with van der Waals surface area (Å²) in [5.74, 6) is -2.55. The summed E-state index contributed by atoms with van der Waals surface area (Å²) in [6.45, 7) is 0. The lowest BCUT2D eigenvalue weighted by Gasteiger charge is -2.23. The van der Waals surface area contributed by atoms with Crippen molar-refractivity contribution in [2.45, 2.75) is 12.5 Å². The minimum atomic E-state index is -1.07. The second kappa shape index (κ2) is 6.64. The maximum absolute atomic E-state index is 13.4. The van der Waals surface area contributed by atoms with E-state index >= 15 is 0 Å². The number of benzene rings is 2. The third kappa shape index (κ3) is 3.29. The molecule has 1 aromatic heterocycles. The lowest BCUT2D eigenvalue weighted by molar-refractivity contribution is -0.125. The zero-order valence-corrected chi connectivity index (χ0v) is 13.9. The Kier molecular flexibility index (Phi) is 4.15. The molecule has 1 atom stereocenters. The summed E-state index contributed by atoms with van der Waals surface area (Å²) in [6.07, 6.45) is -0.113. The van der Waals surface area contributed by atoms with Gasteiger partial charge in [0.15, 0.2) is 11.6 Å². The fourth-order valence-electron chi connectivity index (χ4n) is 2.93. The molecule has 2 amide bonds. The number of halogens is 2. The second-order valence-corrected chi connectivity index (χ2v) is 6.11. The molecule has 0 fully saturated rings. The molecule has 4 rings (SSSR count). The van der Waals surface area contributed by atoms with Crippen molar-refractivity contribution in [3.63, 3.8) is 0 Å². The van der Waals surface area contributed by atoms with Crippen molar-refractivity contribution in [3.8, 4) is 11.3 Å². The van der Waals surface area contributed by atoms with Crippen molar-refractivity contribution in [2.75, 3.05) is 10.6 Å². The molecule has 0 spiro atoms. The first-order valence-corrected chi connectivity index (χ1v) is 8.22. The van der Waals surface area contributed by atoms with Crippen molar-refractivity contribution in [3.05, 3.63) is 66.2 Å². The Morgan fingerprint density at radius 1 is 1.11 bits per heavy atom. The minimum Gasteiger partial charge on any atom is -0.324 e. The molecule has 2 heterocycles. The van der Waals surface area contributed by atoms with Crippen LogP contribution < -0.4 is 10.6 Å². The SMILES string of the molecule is O=C1CC(C(=O)Nc2ccc(F)c(F)c2)n2nc(-c3ccccc3)cc2N1. The van der Waals surface area contributed by atoms with Gasteiger partial charge in [0.25, 0.3) is 0 Å². The minimum absolute atomic E-state index is 0.0990. The topological polar surface area (TPSA) is 76.0 Å². The van der Waals surface area contributed by atoms with Crippen LogP contribution >= 0.6 is 0 Å². The van der Waals surface area contributed by atoms with Gasteiger partial charge in [0.2, 0.25) is 11.8 Å². The van der Waals surface area contributed by atoms with Crippen LogP contribution in [0.3, 0.4) is 0 Å². The standard InChI is InChI=1S/C19H14F2N4O2/c20-13-7-6-12(8-14(13)21)22-19(27)16-10-18(26)23-17-9-15(24-25(16)17)11-4-2-1-3-5-11/h1-9,16H,10H2,(H,22,27)(H,23,26). The van der Waals surface area contributed by atoms with E-state index in [0.29, 0.717) is 11.5 Å². The van der Waals surface area contributed by atoms with Crippen molar-refractivity contribution in [1.29, 1.82) is 0 Å². The Morgan fingerprint density at radius 3 is 2.63 bits per heavy atom. The highest BCUT2D eigenvalue weighted by Gasteiger charge is 2.32. The van der Waals surface area contributed by atoms with Crippen LogP contribution in [0.2, 0.25) is 0 Å². The molecule has 3 aromatic rings. The Morgan fingerprint density at radius 2 is 1.89 bits per heavy atom. The second-order valence-electron chi connectivity index (χ2n) is 6.11. The zero-order chi connectivity index (χ0) is 19.0. The first kappa shape index (κ1) is 16.9. The number of nitrogens with zero attached hydrogens (tertiary/aromatic N) is 2. The largest absolute Gasteiger partial charge is 0.324 e. The van der Waals surface area contributed by atoms with E-state index in [9.17, 15) is 18.4 Å². The maximum atomic E-state index is 13.4. The number of aromatic nitrogens is 2. The molecule has 0 saturated heterocycles. The van der Waals surface area contributed by atoms with Crippen LogP contribution in [0.15, 0.2) is 54.6 Å². The van der Waals surface area contributed by atoms with Gasteiger partial charge in [-0.2, -0.15) is 5.10 Å². The number of rotatable bonds is 3. The average Bonchev–Trinajstić information content (AvgIpc) is 3.08. The smallest absolute Gasteiger partial charge is 0.249 e. The molecular formula is C19H14F2N4O2. The predicted molar refractivity (Wildman–Crippen MR) is 94.9 cm³/mol. The number of carbonyl (C=O) groups excluding carboxylic acids is 2. The van der Waals surface area contributed by atoms with Crippen LogP contribution in [-0.2, 0) is 9.59 Å². The summed E-state index contributed by atoms with van der Waals surface area (Å²) in [7, 11) is 0. The van der Waals surface area contributed by atoms with E-state index in [4.69, 9.17) is 0 Å². The Labute approximate surface area is 152 Å². The molecule has 1 aliphatic heterocycles. The summed E-state index contributed by atoms with van der Waals surface area (Å²) in [5, 5.41) is 9.63. The summed E-state index contributed by atoms with van der Waals surface area (Å²) in [4.78, 5) is 24.6. The van der Waals surface area contributed by atoms with Gasteiger partial charge in [-0.05, 0) is 12.1 Å². The van der Waals surface area contributed by atoms with E-state index in [1.165, 1.54) is 10.7 Å². The molecule has 2 N–H and O–H groups in total. The lowest BCUT2D eigenvalue weighted by Crippen LogP contribution is -2.35. The van der Waals surface area contributed by atoms with Gasteiger partial charge in [-0.15, -0.1) is 0 Å². The van der Waals surface area contributed by atoms with E-state index in [2.05, 4.69) is 15.7 Å². The van der Waals surface area contributed by atoms with Crippen molar-refractivity contribution in [2.24, 2.45) is 0 Å². The van der Waals surface area contributed by atoms with Gasteiger partial charge < -0.3 is 10.6 Å². The third-order valence-corrected chi connectivity index (χ3v) is 4.24. The molecular weight excluding hydrogens is 354 g/mol. The Bertz CT molecular complexity index is 1030. The maximum Gasteiger partial charge on any atom is 0.249 e. The Hall–Kier alpha value is -3.55. The van der Waals surface area contributed by atoms with E-state index in [1.54, 1.807) is 6.07 Å². The highest BCUT2D eigenvalue weighted by atomic mass is 19.2. The third-order valence-electron chi connectivity index (χ3n) is 4.24. The summed E-state index contributed by atoms with van der Waals surface area (Å²) in [6, 6.07) is 13.2. The van der Waals surface area contributed by atoms with Crippen LogP contribution in [0, 0.1) is 11.6 Å². The van der Waals surface area contributed by atoms with Crippen molar-refractivity contribution < 1.29 is 18.4 Å². The molecule has 8 heteroatoms. The predicted octanol–water partition coefficient (Wildman–Crippen LogP) is 3.35. The molecule has 6 nitrogen and oxygen atoms in total. The van der Waals surface area contributed by atoms with Gasteiger partial charge in [-0.25, -0.2) is 13.5 Å². The molecule has 2 aromatic carbocycles. The van der Waals surface area contributed by atoms with Gasteiger partial charge in [0, 0.05) is 23.4 Å². The van der Waals surface area contributed by atoms with Crippen LogP contribution in [0.1, 0.15) is 12.5 Å². The van der Waals surface area contributed by atoms with E-state index in [1.807, 2.05) is 30.3 Å². The fourth-order valence-corrected chi connectivity index (χ4v) is 2.93. The van der Waals surface area contributed by atoms with E-state index in [-0.39, 0.29) is 18.0 Å². The molecule has 0 bridgehead atoms. The molecule has 27 heavy (non-hydrogen) atoms. The van der Waals surface area contributed by atoms with Crippen LogP contribution in [0.25, 0.3) is 11.3 Å². The number of fused-ring (bicyclic) bond motifs is 1. The van der Waals surface area contributed by atoms with E-state index in [0.717, 1.165) is 17.7 Å². The van der Waals surface area contributed by atoms with Crippen molar-refractivity contribution >= 4 is 23.3 Å². The molecule has 1 aliphatic rings. The summed E-state index contributed by atoms with van der Waals surface area (Å²) >= 11 is 0. The van der Waals surface area contributed by atoms with Gasteiger partial charge in [-0.1, -0.05) is 30.3 Å². The monoisotopic (exact) mass is 368 g/mol. The van der Waals surface area contributed by atoms with Crippen molar-refractivity contribution in [1.82, 2.24) is 9.78 Å². The number of amides is 2. The van der Waals surface area contributed by atoms with Gasteiger partial charge >= 0.3 is 0 Å². The van der Waals surface area contributed by atoms with Gasteiger partial charge in [-0.3, -0.25) is 9.59 Å². The normalized spacial score (nSPS) is 15.8. The van der Waals surface area contributed by atoms with Crippen LogP contribution in [0.4, 0.5) is 20.3 Å². The number of carbonyl (C=O) groups is 2. The number of hydrogen-bond donors (Lipinski definition) is 2. The Balaban J connectivity index is 1.64. The molecule has 1 unspecified atom stereocenters. The number of nitrogens with one attached hydrogen (secondary N) is 2. The number of hydrogen-bond acceptors (Lipinski definition) is 3. The average molecular weight is 368 g/mol. The summed E-state index contributed by atoms with van der Waals surface area (Å²) in [5.41, 5.74) is 1.55.